The van der Waals surface area contributed by atoms with Gasteiger partial charge in [-0.25, -0.2) is 4.90 Å². The van der Waals surface area contributed by atoms with Crippen LogP contribution in [0.2, 0.25) is 0 Å². The highest BCUT2D eigenvalue weighted by Gasteiger charge is 2.36. The second-order valence-electron chi connectivity index (χ2n) is 5.57. The van der Waals surface area contributed by atoms with Crippen molar-refractivity contribution in [2.24, 2.45) is 0 Å². The fourth-order valence-electron chi connectivity index (χ4n) is 2.87. The first-order valence-corrected chi connectivity index (χ1v) is 7.95. The molecule has 1 aliphatic heterocycles. The minimum absolute atomic E-state index is 0.114. The van der Waals surface area contributed by atoms with Crippen LogP contribution in [0.3, 0.4) is 0 Å². The summed E-state index contributed by atoms with van der Waals surface area (Å²) in [6, 6.07) is 14.1. The second-order valence-corrected chi connectivity index (χ2v) is 5.57. The van der Waals surface area contributed by atoms with Gasteiger partial charge in [-0.2, -0.15) is 0 Å². The molecule has 1 aliphatic rings. The number of ketones is 1. The maximum absolute atomic E-state index is 12.8. The van der Waals surface area contributed by atoms with Crippen molar-refractivity contribution < 1.29 is 19.1 Å². The molecule has 0 fully saturated rings. The quantitative estimate of drug-likeness (QED) is 0.364. The third-order valence-electron chi connectivity index (χ3n) is 4.02. The lowest BCUT2D eigenvalue weighted by Gasteiger charge is -2.12. The Morgan fingerprint density at radius 1 is 1.12 bits per heavy atom. The Labute approximate surface area is 145 Å². The van der Waals surface area contributed by atoms with Gasteiger partial charge >= 0.3 is 0 Å². The van der Waals surface area contributed by atoms with E-state index in [1.54, 1.807) is 18.2 Å². The number of rotatable bonds is 5. The summed E-state index contributed by atoms with van der Waals surface area (Å²) < 4.78 is 5.76. The van der Waals surface area contributed by atoms with Crippen LogP contribution in [0.25, 0.3) is 11.3 Å². The minimum Gasteiger partial charge on any atom is -0.492 e. The first kappa shape index (κ1) is 16.6. The van der Waals surface area contributed by atoms with Gasteiger partial charge < -0.3 is 4.74 Å². The molecule has 0 saturated carbocycles. The highest BCUT2D eigenvalue weighted by atomic mass is 16.5. The van der Waals surface area contributed by atoms with Gasteiger partial charge in [0.2, 0.25) is 6.41 Å². The van der Waals surface area contributed by atoms with Crippen LogP contribution < -0.4 is 4.90 Å². The van der Waals surface area contributed by atoms with Crippen LogP contribution in [-0.4, -0.2) is 24.7 Å². The zero-order valence-electron chi connectivity index (χ0n) is 14.0. The molecule has 0 radical (unpaired) electrons. The summed E-state index contributed by atoms with van der Waals surface area (Å²) >= 11 is 0. The van der Waals surface area contributed by atoms with Crippen LogP contribution >= 0.6 is 0 Å². The third-order valence-corrected chi connectivity index (χ3v) is 4.02. The number of fused-ring (bicyclic) bond motifs is 1. The molecule has 0 aromatic heterocycles. The number of nitrogens with zero attached hydrogens (tertiary/aromatic N) is 1. The first-order valence-electron chi connectivity index (χ1n) is 7.95. The third kappa shape index (κ3) is 2.85. The van der Waals surface area contributed by atoms with Gasteiger partial charge in [-0.1, -0.05) is 30.3 Å². The van der Waals surface area contributed by atoms with E-state index in [2.05, 4.69) is 0 Å². The number of amides is 2. The van der Waals surface area contributed by atoms with Gasteiger partial charge in [-0.3, -0.25) is 14.4 Å². The van der Waals surface area contributed by atoms with Gasteiger partial charge in [0, 0.05) is 16.7 Å². The molecule has 3 rings (SSSR count). The maximum Gasteiger partial charge on any atom is 0.269 e. The van der Waals surface area contributed by atoms with E-state index in [4.69, 9.17) is 4.74 Å². The molecule has 126 valence electrons. The summed E-state index contributed by atoms with van der Waals surface area (Å²) in [6.07, 6.45) is 0.482. The van der Waals surface area contributed by atoms with E-state index < -0.39 is 5.91 Å². The summed E-state index contributed by atoms with van der Waals surface area (Å²) in [5.74, 6) is -0.172. The van der Waals surface area contributed by atoms with Crippen molar-refractivity contribution in [3.63, 3.8) is 0 Å². The molecule has 2 aromatic carbocycles. The SMILES string of the molecule is CCO/C(=C1\C(=O)N(C=O)c2ccc(C(C)=O)cc21)c1ccccc1. The van der Waals surface area contributed by atoms with Gasteiger partial charge in [0.15, 0.2) is 5.78 Å². The molecule has 5 heteroatoms. The fourth-order valence-corrected chi connectivity index (χ4v) is 2.87. The number of Topliss-reactive ketones (excluding diaryl/α,β-unsaturated/α-hetero) is 1. The lowest BCUT2D eigenvalue weighted by atomic mass is 9.99. The van der Waals surface area contributed by atoms with E-state index in [-0.39, 0.29) is 5.78 Å². The van der Waals surface area contributed by atoms with Crippen molar-refractivity contribution in [3.8, 4) is 0 Å². The summed E-state index contributed by atoms with van der Waals surface area (Å²) in [5, 5.41) is 0. The van der Waals surface area contributed by atoms with Gasteiger partial charge in [-0.05, 0) is 32.0 Å². The molecule has 0 saturated heterocycles. The van der Waals surface area contributed by atoms with Crippen molar-refractivity contribution in [2.45, 2.75) is 13.8 Å². The Hall–Kier alpha value is -3.21. The number of hydrogen-bond acceptors (Lipinski definition) is 4. The molecule has 1 heterocycles. The van der Waals surface area contributed by atoms with E-state index >= 15 is 0 Å². The van der Waals surface area contributed by atoms with E-state index in [1.807, 2.05) is 37.3 Å². The van der Waals surface area contributed by atoms with Gasteiger partial charge in [0.1, 0.15) is 5.76 Å². The number of benzene rings is 2. The van der Waals surface area contributed by atoms with Crippen molar-refractivity contribution in [2.75, 3.05) is 11.5 Å². The Balaban J connectivity index is 2.31. The zero-order valence-corrected chi connectivity index (χ0v) is 14.0. The molecule has 0 bridgehead atoms. The van der Waals surface area contributed by atoms with Crippen LogP contribution in [0.4, 0.5) is 5.69 Å². The van der Waals surface area contributed by atoms with Crippen LogP contribution in [-0.2, 0) is 14.3 Å². The Morgan fingerprint density at radius 2 is 1.84 bits per heavy atom. The molecule has 5 nitrogen and oxygen atoms in total. The van der Waals surface area contributed by atoms with Crippen molar-refractivity contribution in [1.29, 1.82) is 0 Å². The molecule has 25 heavy (non-hydrogen) atoms. The lowest BCUT2D eigenvalue weighted by Crippen LogP contribution is -2.24. The van der Waals surface area contributed by atoms with E-state index in [9.17, 15) is 14.4 Å². The number of ether oxygens (including phenoxy) is 1. The Bertz CT molecular complexity index is 884. The number of imide groups is 1. The van der Waals surface area contributed by atoms with Crippen molar-refractivity contribution in [3.05, 3.63) is 65.2 Å². The largest absolute Gasteiger partial charge is 0.492 e. The average Bonchev–Trinajstić information content (AvgIpc) is 2.90. The Kier molecular flexibility index (Phi) is 4.48. The molecule has 0 spiro atoms. The summed E-state index contributed by atoms with van der Waals surface area (Å²) in [6.45, 7) is 3.65. The maximum atomic E-state index is 12.8. The monoisotopic (exact) mass is 335 g/mol. The normalized spacial score (nSPS) is 15.0. The molecular formula is C20H17NO4. The van der Waals surface area contributed by atoms with Gasteiger partial charge in [-0.15, -0.1) is 0 Å². The minimum atomic E-state index is -0.460. The standard InChI is InChI=1S/C20H17NO4/c1-3-25-19(14-7-5-4-6-8-14)18-16-11-15(13(2)23)9-10-17(16)21(12-22)20(18)24/h4-12H,3H2,1-2H3/b19-18-. The molecular weight excluding hydrogens is 318 g/mol. The number of anilines is 1. The van der Waals surface area contributed by atoms with Crippen LogP contribution in [0, 0.1) is 0 Å². The molecule has 2 aromatic rings. The second kappa shape index (κ2) is 6.73. The molecule has 0 atom stereocenters. The summed E-state index contributed by atoms with van der Waals surface area (Å²) in [7, 11) is 0. The smallest absolute Gasteiger partial charge is 0.269 e. The highest BCUT2D eigenvalue weighted by molar-refractivity contribution is 6.41. The van der Waals surface area contributed by atoms with E-state index in [0.717, 1.165) is 10.5 Å². The zero-order chi connectivity index (χ0) is 18.0. The highest BCUT2D eigenvalue weighted by Crippen LogP contribution is 2.41. The van der Waals surface area contributed by atoms with Crippen LogP contribution in [0.5, 0.6) is 0 Å². The van der Waals surface area contributed by atoms with E-state index in [0.29, 0.717) is 41.2 Å². The Morgan fingerprint density at radius 3 is 2.44 bits per heavy atom. The average molecular weight is 335 g/mol. The topological polar surface area (TPSA) is 63.7 Å². The molecule has 0 N–H and O–H groups in total. The van der Waals surface area contributed by atoms with Crippen molar-refractivity contribution >= 4 is 35.1 Å². The summed E-state index contributed by atoms with van der Waals surface area (Å²) in [5.41, 5.74) is 2.48. The molecule has 0 unspecified atom stereocenters. The van der Waals surface area contributed by atoms with Gasteiger partial charge in [0.05, 0.1) is 17.9 Å². The number of hydrogen-bond donors (Lipinski definition) is 0. The van der Waals surface area contributed by atoms with E-state index in [1.165, 1.54) is 6.92 Å². The van der Waals surface area contributed by atoms with Crippen molar-refractivity contribution in [1.82, 2.24) is 0 Å². The number of carbonyl (C=O) groups excluding carboxylic acids is 3. The molecule has 2 amide bonds. The fraction of sp³-hybridized carbons (Fsp3) is 0.150. The predicted molar refractivity (Wildman–Crippen MR) is 94.9 cm³/mol. The van der Waals surface area contributed by atoms with Crippen LogP contribution in [0.15, 0.2) is 48.5 Å². The van der Waals surface area contributed by atoms with Crippen LogP contribution in [0.1, 0.15) is 35.3 Å². The van der Waals surface area contributed by atoms with Gasteiger partial charge in [0.25, 0.3) is 5.91 Å². The number of carbonyl (C=O) groups is 3. The summed E-state index contributed by atoms with van der Waals surface area (Å²) in [4.78, 5) is 37.0. The first-order chi connectivity index (χ1) is 12.1. The lowest BCUT2D eigenvalue weighted by molar-refractivity contribution is -0.117. The predicted octanol–water partition coefficient (Wildman–Crippen LogP) is 3.30. The molecule has 0 aliphatic carbocycles.